The second kappa shape index (κ2) is 8.52. The number of amides is 2. The summed E-state index contributed by atoms with van der Waals surface area (Å²) in [6, 6.07) is 21.0. The van der Waals surface area contributed by atoms with Gasteiger partial charge in [-0.3, -0.25) is 4.79 Å². The molecule has 0 N–H and O–H groups in total. The summed E-state index contributed by atoms with van der Waals surface area (Å²) < 4.78 is 17.5. The number of carbonyl (C=O) groups excluding carboxylic acids is 2. The van der Waals surface area contributed by atoms with E-state index in [9.17, 15) is 9.59 Å². The van der Waals surface area contributed by atoms with E-state index in [-0.39, 0.29) is 12.3 Å². The molecule has 2 atom stereocenters. The van der Waals surface area contributed by atoms with Gasteiger partial charge >= 0.3 is 6.09 Å². The monoisotopic (exact) mass is 447 g/mol. The van der Waals surface area contributed by atoms with Crippen LogP contribution >= 0.6 is 0 Å². The van der Waals surface area contributed by atoms with Crippen LogP contribution in [0.2, 0.25) is 0 Å². The molecule has 2 amide bonds. The van der Waals surface area contributed by atoms with E-state index >= 15 is 0 Å². The largest absolute Gasteiger partial charge is 0.496 e. The lowest BCUT2D eigenvalue weighted by Gasteiger charge is -2.44. The van der Waals surface area contributed by atoms with Crippen molar-refractivity contribution in [2.24, 2.45) is 0 Å². The van der Waals surface area contributed by atoms with Crippen molar-refractivity contribution in [2.45, 2.75) is 51.5 Å². The highest BCUT2D eigenvalue weighted by atomic mass is 16.6. The molecule has 1 fully saturated rings. The molecule has 0 aliphatic carbocycles. The number of methoxy groups -OCH3 is 1. The van der Waals surface area contributed by atoms with Gasteiger partial charge in [0, 0.05) is 10.9 Å². The summed E-state index contributed by atoms with van der Waals surface area (Å²) in [5.74, 6) is 0.431. The lowest BCUT2D eigenvalue weighted by molar-refractivity contribution is -0.199. The van der Waals surface area contributed by atoms with Gasteiger partial charge in [0.2, 0.25) is 5.91 Å². The van der Waals surface area contributed by atoms with E-state index in [0.717, 1.165) is 27.0 Å². The molecule has 4 rings (SSSR count). The Hall–Kier alpha value is -3.38. The zero-order valence-corrected chi connectivity index (χ0v) is 19.6. The van der Waals surface area contributed by atoms with Gasteiger partial charge in [0.1, 0.15) is 17.0 Å². The molecule has 6 nitrogen and oxygen atoms in total. The number of hydrogen-bond donors (Lipinski definition) is 0. The predicted molar refractivity (Wildman–Crippen MR) is 126 cm³/mol. The van der Waals surface area contributed by atoms with E-state index in [1.54, 1.807) is 27.9 Å². The van der Waals surface area contributed by atoms with Gasteiger partial charge in [0.15, 0.2) is 6.23 Å². The van der Waals surface area contributed by atoms with Crippen LogP contribution in [0, 0.1) is 0 Å². The molecule has 3 aromatic rings. The molecule has 6 heteroatoms. The minimum absolute atomic E-state index is 0.00501. The standard InChI is InChI=1S/C27H29NO5/c1-26(2,3)33-25(30)28-23(29)17-27(4,32-24(28)18-10-7-6-8-11-18)20-14-15-21-19(16-20)12-9-13-22(21)31-5/h6-16,24H,17H2,1-5H3/t24-,27?/m0/s1. The first-order valence-corrected chi connectivity index (χ1v) is 11.0. The minimum atomic E-state index is -0.937. The van der Waals surface area contributed by atoms with Gasteiger partial charge in [0.25, 0.3) is 0 Å². The van der Waals surface area contributed by atoms with Gasteiger partial charge < -0.3 is 14.2 Å². The number of carbonyl (C=O) groups is 2. The van der Waals surface area contributed by atoms with Crippen LogP contribution in [0.5, 0.6) is 5.75 Å². The molecule has 0 bridgehead atoms. The molecule has 33 heavy (non-hydrogen) atoms. The fourth-order valence-corrected chi connectivity index (χ4v) is 4.12. The highest BCUT2D eigenvalue weighted by Crippen LogP contribution is 2.43. The van der Waals surface area contributed by atoms with E-state index < -0.39 is 23.5 Å². The Morgan fingerprint density at radius 2 is 1.79 bits per heavy atom. The van der Waals surface area contributed by atoms with Gasteiger partial charge in [0.05, 0.1) is 13.5 Å². The fraction of sp³-hybridized carbons (Fsp3) is 0.333. The van der Waals surface area contributed by atoms with E-state index in [1.807, 2.05) is 73.7 Å². The molecule has 0 aromatic heterocycles. The molecule has 0 spiro atoms. The number of imide groups is 1. The zero-order chi connectivity index (χ0) is 23.8. The second-order valence-electron chi connectivity index (χ2n) is 9.43. The first kappa shape index (κ1) is 22.8. The third kappa shape index (κ3) is 4.57. The van der Waals surface area contributed by atoms with Crippen LogP contribution in [-0.2, 0) is 19.9 Å². The highest BCUT2D eigenvalue weighted by molar-refractivity contribution is 5.94. The van der Waals surface area contributed by atoms with Crippen LogP contribution in [0.25, 0.3) is 10.8 Å². The summed E-state index contributed by atoms with van der Waals surface area (Å²) in [7, 11) is 1.64. The maximum Gasteiger partial charge on any atom is 0.419 e. The molecule has 172 valence electrons. The first-order valence-electron chi connectivity index (χ1n) is 11.0. The molecular weight excluding hydrogens is 418 g/mol. The lowest BCUT2D eigenvalue weighted by atomic mass is 9.88. The van der Waals surface area contributed by atoms with Crippen molar-refractivity contribution < 1.29 is 23.8 Å². The Morgan fingerprint density at radius 1 is 1.06 bits per heavy atom. The summed E-state index contributed by atoms with van der Waals surface area (Å²) in [5.41, 5.74) is -0.129. The van der Waals surface area contributed by atoms with Crippen LogP contribution < -0.4 is 4.74 Å². The second-order valence-corrected chi connectivity index (χ2v) is 9.43. The Balaban J connectivity index is 1.75. The third-order valence-electron chi connectivity index (χ3n) is 5.71. The summed E-state index contributed by atoms with van der Waals surface area (Å²) in [6.45, 7) is 7.19. The Labute approximate surface area is 194 Å². The minimum Gasteiger partial charge on any atom is -0.496 e. The topological polar surface area (TPSA) is 65.1 Å². The normalized spacial score (nSPS) is 21.2. The smallest absolute Gasteiger partial charge is 0.419 e. The number of hydrogen-bond acceptors (Lipinski definition) is 5. The van der Waals surface area contributed by atoms with Crippen molar-refractivity contribution in [3.05, 3.63) is 77.9 Å². The maximum absolute atomic E-state index is 13.4. The molecule has 1 aliphatic rings. The molecule has 0 radical (unpaired) electrons. The molecule has 1 heterocycles. The van der Waals surface area contributed by atoms with Crippen LogP contribution in [0.3, 0.4) is 0 Å². The van der Waals surface area contributed by atoms with Crippen LogP contribution in [0.4, 0.5) is 4.79 Å². The summed E-state index contributed by atoms with van der Waals surface area (Å²) in [4.78, 5) is 27.5. The van der Waals surface area contributed by atoms with E-state index in [0.29, 0.717) is 5.56 Å². The van der Waals surface area contributed by atoms with Gasteiger partial charge in [-0.1, -0.05) is 54.6 Å². The number of ether oxygens (including phenoxy) is 3. The average molecular weight is 448 g/mol. The molecule has 3 aromatic carbocycles. The molecular formula is C27H29NO5. The van der Waals surface area contributed by atoms with Crippen molar-refractivity contribution in [3.63, 3.8) is 0 Å². The number of benzene rings is 3. The summed E-state index contributed by atoms with van der Waals surface area (Å²) >= 11 is 0. The zero-order valence-electron chi connectivity index (χ0n) is 19.6. The Kier molecular flexibility index (Phi) is 5.89. The van der Waals surface area contributed by atoms with Gasteiger partial charge in [-0.15, -0.1) is 0 Å². The van der Waals surface area contributed by atoms with E-state index in [2.05, 4.69) is 0 Å². The average Bonchev–Trinajstić information content (AvgIpc) is 2.77. The van der Waals surface area contributed by atoms with E-state index in [4.69, 9.17) is 14.2 Å². The van der Waals surface area contributed by atoms with Gasteiger partial charge in [-0.2, -0.15) is 0 Å². The first-order chi connectivity index (χ1) is 15.6. The summed E-state index contributed by atoms with van der Waals surface area (Å²) in [6.07, 6.45) is -1.62. The third-order valence-corrected chi connectivity index (χ3v) is 5.71. The molecule has 0 saturated carbocycles. The molecule has 1 aliphatic heterocycles. The fourth-order valence-electron chi connectivity index (χ4n) is 4.12. The van der Waals surface area contributed by atoms with Crippen molar-refractivity contribution in [3.8, 4) is 5.75 Å². The van der Waals surface area contributed by atoms with Crippen molar-refractivity contribution >= 4 is 22.8 Å². The van der Waals surface area contributed by atoms with Gasteiger partial charge in [-0.25, -0.2) is 9.69 Å². The van der Waals surface area contributed by atoms with E-state index in [1.165, 1.54) is 0 Å². The number of fused-ring (bicyclic) bond motifs is 1. The van der Waals surface area contributed by atoms with Gasteiger partial charge in [-0.05, 0) is 50.8 Å². The maximum atomic E-state index is 13.4. The molecule has 1 saturated heterocycles. The number of rotatable bonds is 3. The highest BCUT2D eigenvalue weighted by Gasteiger charge is 2.47. The SMILES string of the molecule is COc1cccc2cc(C3(C)CC(=O)N(C(=O)OC(C)(C)C)[C@H](c4ccccc4)O3)ccc12. The van der Waals surface area contributed by atoms with Crippen molar-refractivity contribution in [2.75, 3.05) is 7.11 Å². The Bertz CT molecular complexity index is 1180. The Morgan fingerprint density at radius 3 is 2.45 bits per heavy atom. The molecule has 1 unspecified atom stereocenters. The lowest BCUT2D eigenvalue weighted by Crippen LogP contribution is -2.52. The van der Waals surface area contributed by atoms with Crippen LogP contribution in [0.15, 0.2) is 66.7 Å². The number of nitrogens with zero attached hydrogens (tertiary/aromatic N) is 1. The summed E-state index contributed by atoms with van der Waals surface area (Å²) in [5, 5.41) is 1.96. The van der Waals surface area contributed by atoms with Crippen molar-refractivity contribution in [1.82, 2.24) is 4.90 Å². The van der Waals surface area contributed by atoms with Crippen molar-refractivity contribution in [1.29, 1.82) is 0 Å². The van der Waals surface area contributed by atoms with Crippen LogP contribution in [0.1, 0.15) is 51.5 Å². The van der Waals surface area contributed by atoms with Crippen LogP contribution in [-0.4, -0.2) is 29.6 Å². The predicted octanol–water partition coefficient (Wildman–Crippen LogP) is 5.95. The quantitative estimate of drug-likeness (QED) is 0.497.